The maximum atomic E-state index is 12.4. The number of nitrogens with zero attached hydrogens (tertiary/aromatic N) is 1. The van der Waals surface area contributed by atoms with E-state index in [0.29, 0.717) is 5.92 Å². The van der Waals surface area contributed by atoms with Crippen LogP contribution in [0.5, 0.6) is 0 Å². The molecule has 1 amide bonds. The molecule has 5 nitrogen and oxygen atoms in total. The molecule has 1 heterocycles. The third-order valence-electron chi connectivity index (χ3n) is 4.80. The van der Waals surface area contributed by atoms with Gasteiger partial charge in [0.15, 0.2) is 0 Å². The highest BCUT2D eigenvalue weighted by atomic mass is 32.2. The van der Waals surface area contributed by atoms with Crippen molar-refractivity contribution in [2.45, 2.75) is 30.1 Å². The number of nitrogens with one attached hydrogen (secondary N) is 1. The van der Waals surface area contributed by atoms with Crippen LogP contribution in [0.15, 0.2) is 65.6 Å². The van der Waals surface area contributed by atoms with Gasteiger partial charge in [-0.2, -0.15) is 0 Å². The van der Waals surface area contributed by atoms with Crippen molar-refractivity contribution in [2.24, 2.45) is 0 Å². The van der Waals surface area contributed by atoms with Gasteiger partial charge in [-0.3, -0.25) is 4.79 Å². The first kappa shape index (κ1) is 18.6. The normalized spacial score (nSPS) is 15.8. The summed E-state index contributed by atoms with van der Waals surface area (Å²) in [6.07, 6.45) is 2.08. The van der Waals surface area contributed by atoms with Crippen LogP contribution in [0.4, 0.5) is 0 Å². The van der Waals surface area contributed by atoms with Gasteiger partial charge in [-0.15, -0.1) is 0 Å². The van der Waals surface area contributed by atoms with E-state index in [-0.39, 0.29) is 23.8 Å². The molecule has 2 aromatic carbocycles. The molecule has 0 spiro atoms. The highest BCUT2D eigenvalue weighted by Gasteiger charge is 2.23. The second-order valence-corrected chi connectivity index (χ2v) is 8.29. The summed E-state index contributed by atoms with van der Waals surface area (Å²) in [6.45, 7) is 1.57. The maximum absolute atomic E-state index is 12.4. The van der Waals surface area contributed by atoms with Gasteiger partial charge in [0.05, 0.1) is 4.90 Å². The number of rotatable bonds is 6. The lowest BCUT2D eigenvalue weighted by Crippen LogP contribution is -2.39. The zero-order chi connectivity index (χ0) is 18.4. The molecule has 26 heavy (non-hydrogen) atoms. The van der Waals surface area contributed by atoms with Crippen LogP contribution in [0.1, 0.15) is 30.7 Å². The summed E-state index contributed by atoms with van der Waals surface area (Å²) in [6, 6.07) is 18.6. The van der Waals surface area contributed by atoms with Crippen molar-refractivity contribution in [1.82, 2.24) is 9.62 Å². The van der Waals surface area contributed by atoms with Crippen LogP contribution in [-0.4, -0.2) is 38.9 Å². The molecule has 1 fully saturated rings. The second-order valence-electron chi connectivity index (χ2n) is 6.53. The molecule has 1 N–H and O–H groups in total. The summed E-state index contributed by atoms with van der Waals surface area (Å²) in [5, 5.41) is 0. The summed E-state index contributed by atoms with van der Waals surface area (Å²) in [5.74, 6) is 0.504. The average molecular weight is 372 g/mol. The van der Waals surface area contributed by atoms with Crippen LogP contribution in [0, 0.1) is 0 Å². The van der Waals surface area contributed by atoms with Gasteiger partial charge in [-0.05, 0) is 36.5 Å². The highest BCUT2D eigenvalue weighted by molar-refractivity contribution is 7.89. The number of hydrogen-bond acceptors (Lipinski definition) is 3. The number of hydrogen-bond donors (Lipinski definition) is 1. The van der Waals surface area contributed by atoms with Gasteiger partial charge in [-0.1, -0.05) is 48.5 Å². The molecule has 0 saturated carbocycles. The molecule has 0 bridgehead atoms. The maximum Gasteiger partial charge on any atom is 0.240 e. The minimum Gasteiger partial charge on any atom is -0.343 e. The summed E-state index contributed by atoms with van der Waals surface area (Å²) in [5.41, 5.74) is 1.33. The van der Waals surface area contributed by atoms with Crippen molar-refractivity contribution < 1.29 is 13.2 Å². The fourth-order valence-corrected chi connectivity index (χ4v) is 4.37. The first-order chi connectivity index (χ1) is 12.6. The monoisotopic (exact) mass is 372 g/mol. The predicted molar refractivity (Wildman–Crippen MR) is 101 cm³/mol. The van der Waals surface area contributed by atoms with Crippen LogP contribution in [-0.2, 0) is 14.8 Å². The number of amides is 1. The van der Waals surface area contributed by atoms with Gasteiger partial charge in [0.25, 0.3) is 0 Å². The molecule has 1 aliphatic heterocycles. The van der Waals surface area contributed by atoms with Gasteiger partial charge in [0, 0.05) is 26.1 Å². The lowest BCUT2D eigenvalue weighted by atomic mass is 9.89. The molecule has 0 aromatic heterocycles. The number of carbonyl (C=O) groups is 1. The molecule has 0 unspecified atom stereocenters. The van der Waals surface area contributed by atoms with Crippen molar-refractivity contribution in [3.8, 4) is 0 Å². The average Bonchev–Trinajstić information content (AvgIpc) is 2.69. The number of likely N-dealkylation sites (tertiary alicyclic amines) is 1. The quantitative estimate of drug-likeness (QED) is 0.848. The molecular formula is C20H24N2O3S. The Labute approximate surface area is 155 Å². The second kappa shape index (κ2) is 8.47. The summed E-state index contributed by atoms with van der Waals surface area (Å²) in [4.78, 5) is 14.4. The van der Waals surface area contributed by atoms with E-state index in [2.05, 4.69) is 16.9 Å². The zero-order valence-corrected chi connectivity index (χ0v) is 15.5. The van der Waals surface area contributed by atoms with Gasteiger partial charge in [-0.25, -0.2) is 13.1 Å². The van der Waals surface area contributed by atoms with Gasteiger partial charge < -0.3 is 4.90 Å². The standard InChI is InChI=1S/C20H24N2O3S/c23-20(11-14-21-26(24,25)19-9-5-2-6-10-19)22-15-12-18(13-16-22)17-7-3-1-4-8-17/h1-10,18,21H,11-16H2. The third-order valence-corrected chi connectivity index (χ3v) is 6.28. The minimum atomic E-state index is -3.55. The van der Waals surface area contributed by atoms with E-state index in [0.717, 1.165) is 25.9 Å². The Morgan fingerprint density at radius 1 is 0.962 bits per heavy atom. The smallest absolute Gasteiger partial charge is 0.240 e. The molecule has 0 atom stereocenters. The Hall–Kier alpha value is -2.18. The molecule has 6 heteroatoms. The number of benzene rings is 2. The Balaban J connectivity index is 1.45. The lowest BCUT2D eigenvalue weighted by Gasteiger charge is -2.32. The Morgan fingerprint density at radius 2 is 1.54 bits per heavy atom. The van der Waals surface area contributed by atoms with Gasteiger partial charge in [0.2, 0.25) is 15.9 Å². The van der Waals surface area contributed by atoms with E-state index < -0.39 is 10.0 Å². The Morgan fingerprint density at radius 3 is 2.15 bits per heavy atom. The largest absolute Gasteiger partial charge is 0.343 e. The van der Waals surface area contributed by atoms with E-state index in [9.17, 15) is 13.2 Å². The molecule has 3 rings (SSSR count). The van der Waals surface area contributed by atoms with Crippen molar-refractivity contribution in [3.05, 3.63) is 66.2 Å². The Bertz CT molecular complexity index is 815. The lowest BCUT2D eigenvalue weighted by molar-refractivity contribution is -0.132. The van der Waals surface area contributed by atoms with Crippen molar-refractivity contribution in [3.63, 3.8) is 0 Å². The van der Waals surface area contributed by atoms with E-state index in [1.165, 1.54) is 5.56 Å². The topological polar surface area (TPSA) is 66.5 Å². The first-order valence-corrected chi connectivity index (χ1v) is 10.4. The summed E-state index contributed by atoms with van der Waals surface area (Å²) >= 11 is 0. The molecule has 138 valence electrons. The summed E-state index contributed by atoms with van der Waals surface area (Å²) in [7, 11) is -3.55. The molecule has 0 aliphatic carbocycles. The molecule has 1 saturated heterocycles. The van der Waals surface area contributed by atoms with Crippen LogP contribution in [0.25, 0.3) is 0 Å². The van der Waals surface area contributed by atoms with Crippen LogP contribution in [0.3, 0.4) is 0 Å². The van der Waals surface area contributed by atoms with Crippen LogP contribution < -0.4 is 4.72 Å². The van der Waals surface area contributed by atoms with E-state index in [4.69, 9.17) is 0 Å². The van der Waals surface area contributed by atoms with Crippen molar-refractivity contribution in [2.75, 3.05) is 19.6 Å². The van der Waals surface area contributed by atoms with E-state index >= 15 is 0 Å². The molecule has 1 aliphatic rings. The van der Waals surface area contributed by atoms with Gasteiger partial charge in [0.1, 0.15) is 0 Å². The number of carbonyl (C=O) groups excluding carboxylic acids is 1. The fourth-order valence-electron chi connectivity index (χ4n) is 3.32. The fraction of sp³-hybridized carbons (Fsp3) is 0.350. The van der Waals surface area contributed by atoms with Crippen molar-refractivity contribution in [1.29, 1.82) is 0 Å². The SMILES string of the molecule is O=C(CCNS(=O)(=O)c1ccccc1)N1CCC(c2ccccc2)CC1. The molecule has 2 aromatic rings. The Kier molecular flexibility index (Phi) is 6.06. The van der Waals surface area contributed by atoms with Gasteiger partial charge >= 0.3 is 0 Å². The number of piperidine rings is 1. The van der Waals surface area contributed by atoms with E-state index in [1.54, 1.807) is 30.3 Å². The predicted octanol–water partition coefficient (Wildman–Crippen LogP) is 2.76. The third kappa shape index (κ3) is 4.71. The molecular weight excluding hydrogens is 348 g/mol. The summed E-state index contributed by atoms with van der Waals surface area (Å²) < 4.78 is 26.8. The zero-order valence-electron chi connectivity index (χ0n) is 14.7. The van der Waals surface area contributed by atoms with Crippen molar-refractivity contribution >= 4 is 15.9 Å². The highest BCUT2D eigenvalue weighted by Crippen LogP contribution is 2.27. The first-order valence-electron chi connectivity index (χ1n) is 8.94. The van der Waals surface area contributed by atoms with Crippen LogP contribution in [0.2, 0.25) is 0 Å². The number of sulfonamides is 1. The minimum absolute atomic E-state index is 0.00673. The van der Waals surface area contributed by atoms with E-state index in [1.807, 2.05) is 23.1 Å². The van der Waals surface area contributed by atoms with Crippen LogP contribution >= 0.6 is 0 Å². The molecule has 0 radical (unpaired) electrons.